The van der Waals surface area contributed by atoms with Crippen LogP contribution in [0.3, 0.4) is 0 Å². The number of rotatable bonds is 5. The van der Waals surface area contributed by atoms with Gasteiger partial charge in [0.05, 0.1) is 11.2 Å². The summed E-state index contributed by atoms with van der Waals surface area (Å²) < 4.78 is 15.2. The van der Waals surface area contributed by atoms with Crippen LogP contribution < -0.4 is 5.32 Å². The largest absolute Gasteiger partial charge is 0.363 e. The lowest BCUT2D eigenvalue weighted by Gasteiger charge is -2.10. The molecule has 0 aliphatic rings. The lowest BCUT2D eigenvalue weighted by atomic mass is 10.1. The highest BCUT2D eigenvalue weighted by Gasteiger charge is 2.13. The van der Waals surface area contributed by atoms with Crippen LogP contribution in [0.15, 0.2) is 79.5 Å². The third-order valence-electron chi connectivity index (χ3n) is 5.14. The van der Waals surface area contributed by atoms with E-state index < -0.39 is 5.82 Å². The molecule has 0 amide bonds. The van der Waals surface area contributed by atoms with Gasteiger partial charge in [0.1, 0.15) is 12.0 Å². The number of aryl methyl sites for hydroxylation is 1. The van der Waals surface area contributed by atoms with Crippen molar-refractivity contribution < 1.29 is 4.39 Å². The van der Waals surface area contributed by atoms with Gasteiger partial charge in [-0.2, -0.15) is 0 Å². The van der Waals surface area contributed by atoms with Gasteiger partial charge < -0.3 is 5.32 Å². The maximum Gasteiger partial charge on any atom is 0.191 e. The zero-order valence-corrected chi connectivity index (χ0v) is 17.3. The number of halogens is 1. The molecule has 1 N–H and O–H groups in total. The van der Waals surface area contributed by atoms with Crippen LogP contribution in [0.25, 0.3) is 33.4 Å². The van der Waals surface area contributed by atoms with Gasteiger partial charge in [-0.25, -0.2) is 14.4 Å². The first-order valence-corrected chi connectivity index (χ1v) is 10.1. The summed E-state index contributed by atoms with van der Waals surface area (Å²) in [6.07, 6.45) is 6.63. The molecule has 6 nitrogen and oxygen atoms in total. The Hall–Kier alpha value is -4.26. The summed E-state index contributed by atoms with van der Waals surface area (Å²) in [5.74, 6) is -0.345. The molecule has 4 heterocycles. The molecular formula is C25H19FN6. The Labute approximate surface area is 184 Å². The van der Waals surface area contributed by atoms with E-state index in [0.29, 0.717) is 12.1 Å². The third-order valence-corrected chi connectivity index (χ3v) is 5.14. The van der Waals surface area contributed by atoms with Crippen molar-refractivity contribution in [3.8, 4) is 22.5 Å². The van der Waals surface area contributed by atoms with Gasteiger partial charge >= 0.3 is 0 Å². The van der Waals surface area contributed by atoms with Gasteiger partial charge in [0.25, 0.3) is 0 Å². The Morgan fingerprint density at radius 3 is 2.62 bits per heavy atom. The normalized spacial score (nSPS) is 10.9. The van der Waals surface area contributed by atoms with Crippen LogP contribution in [0.1, 0.15) is 11.3 Å². The van der Waals surface area contributed by atoms with Crippen molar-refractivity contribution in [2.75, 3.05) is 5.32 Å². The van der Waals surface area contributed by atoms with Crippen molar-refractivity contribution in [3.63, 3.8) is 0 Å². The Balaban J connectivity index is 1.35. The Morgan fingerprint density at radius 2 is 1.78 bits per heavy atom. The fraction of sp³-hybridized carbons (Fsp3) is 0.0800. The van der Waals surface area contributed by atoms with Crippen molar-refractivity contribution in [1.29, 1.82) is 0 Å². The molecule has 0 saturated heterocycles. The van der Waals surface area contributed by atoms with Crippen LogP contribution in [0.5, 0.6) is 0 Å². The van der Waals surface area contributed by atoms with Crippen LogP contribution in [-0.4, -0.2) is 24.9 Å². The van der Waals surface area contributed by atoms with Gasteiger partial charge in [0.2, 0.25) is 0 Å². The molecule has 0 spiro atoms. The first kappa shape index (κ1) is 19.7. The summed E-state index contributed by atoms with van der Waals surface area (Å²) in [5, 5.41) is 3.98. The van der Waals surface area contributed by atoms with E-state index in [9.17, 15) is 0 Å². The summed E-state index contributed by atoms with van der Waals surface area (Å²) in [6.45, 7) is 2.33. The lowest BCUT2D eigenvalue weighted by Crippen LogP contribution is -2.06. The second-order valence-corrected chi connectivity index (χ2v) is 7.39. The van der Waals surface area contributed by atoms with Gasteiger partial charge in [-0.3, -0.25) is 15.0 Å². The van der Waals surface area contributed by atoms with Crippen LogP contribution in [0.4, 0.5) is 10.2 Å². The zero-order valence-electron chi connectivity index (χ0n) is 17.3. The fourth-order valence-corrected chi connectivity index (χ4v) is 3.51. The maximum absolute atomic E-state index is 15.2. The van der Waals surface area contributed by atoms with E-state index in [1.165, 1.54) is 6.33 Å². The summed E-state index contributed by atoms with van der Waals surface area (Å²) in [4.78, 5) is 21.3. The number of fused-ring (bicyclic) bond motifs is 1. The Morgan fingerprint density at radius 1 is 0.844 bits per heavy atom. The minimum absolute atomic E-state index is 0.148. The molecule has 32 heavy (non-hydrogen) atoms. The van der Waals surface area contributed by atoms with Crippen LogP contribution in [0, 0.1) is 12.7 Å². The van der Waals surface area contributed by atoms with E-state index in [4.69, 9.17) is 0 Å². The van der Waals surface area contributed by atoms with Crippen molar-refractivity contribution in [2.45, 2.75) is 13.5 Å². The number of nitrogens with one attached hydrogen (secondary N) is 1. The monoisotopic (exact) mass is 422 g/mol. The molecule has 0 fully saturated rings. The van der Waals surface area contributed by atoms with Crippen molar-refractivity contribution in [2.24, 2.45) is 0 Å². The predicted octanol–water partition coefficient (Wildman–Crippen LogP) is 5.21. The Kier molecular flexibility index (Phi) is 5.21. The van der Waals surface area contributed by atoms with Crippen LogP contribution in [-0.2, 0) is 6.54 Å². The predicted molar refractivity (Wildman–Crippen MR) is 122 cm³/mol. The van der Waals surface area contributed by atoms with E-state index in [-0.39, 0.29) is 11.5 Å². The quantitative estimate of drug-likeness (QED) is 0.419. The second-order valence-electron chi connectivity index (χ2n) is 7.39. The smallest absolute Gasteiger partial charge is 0.191 e. The van der Waals surface area contributed by atoms with Gasteiger partial charge in [-0.1, -0.05) is 18.2 Å². The highest BCUT2D eigenvalue weighted by molar-refractivity contribution is 5.84. The molecule has 0 saturated carbocycles. The number of hydrogen-bond donors (Lipinski definition) is 1. The molecule has 0 unspecified atom stereocenters. The van der Waals surface area contributed by atoms with E-state index in [0.717, 1.165) is 33.4 Å². The first-order chi connectivity index (χ1) is 15.7. The number of benzene rings is 1. The van der Waals surface area contributed by atoms with Gasteiger partial charge in [0, 0.05) is 47.3 Å². The topological polar surface area (TPSA) is 76.5 Å². The molecule has 5 rings (SSSR count). The standard InChI is InChI=1S/C25H19FN6/c1-16-11-19(8-10-27-16)22-6-4-17(13-29-22)14-30-25-23(26)24(31-15-32-25)20-5-7-21-18(12-20)3-2-9-28-21/h2-13,15H,14H2,1H3,(H,30,31,32). The molecule has 0 atom stereocenters. The van der Waals surface area contributed by atoms with E-state index in [1.807, 2.05) is 61.5 Å². The molecule has 0 aliphatic carbocycles. The first-order valence-electron chi connectivity index (χ1n) is 10.1. The van der Waals surface area contributed by atoms with Gasteiger partial charge in [-0.05, 0) is 48.9 Å². The number of pyridine rings is 3. The molecule has 4 aromatic heterocycles. The molecule has 0 radical (unpaired) electrons. The number of anilines is 1. The average Bonchev–Trinajstić information content (AvgIpc) is 2.83. The maximum atomic E-state index is 15.2. The summed E-state index contributed by atoms with van der Waals surface area (Å²) in [6, 6.07) is 17.2. The molecule has 0 aliphatic heterocycles. The van der Waals surface area contributed by atoms with Gasteiger partial charge in [-0.15, -0.1) is 0 Å². The highest BCUT2D eigenvalue weighted by Crippen LogP contribution is 2.27. The Bertz CT molecular complexity index is 1400. The van der Waals surface area contributed by atoms with Crippen LogP contribution >= 0.6 is 0 Å². The number of hydrogen-bond acceptors (Lipinski definition) is 6. The molecule has 7 heteroatoms. The molecule has 0 bridgehead atoms. The average molecular weight is 422 g/mol. The molecule has 5 aromatic rings. The molecule has 156 valence electrons. The van der Waals surface area contributed by atoms with Crippen molar-refractivity contribution in [3.05, 3.63) is 96.6 Å². The third kappa shape index (κ3) is 4.00. The van der Waals surface area contributed by atoms with Crippen LogP contribution in [0.2, 0.25) is 0 Å². The summed E-state index contributed by atoms with van der Waals surface area (Å²) in [7, 11) is 0. The highest BCUT2D eigenvalue weighted by atomic mass is 19.1. The van der Waals surface area contributed by atoms with E-state index >= 15 is 4.39 Å². The second kappa shape index (κ2) is 8.47. The van der Waals surface area contributed by atoms with Crippen molar-refractivity contribution in [1.82, 2.24) is 24.9 Å². The lowest BCUT2D eigenvalue weighted by molar-refractivity contribution is 0.621. The minimum atomic E-state index is -0.493. The number of aromatic nitrogens is 5. The van der Waals surface area contributed by atoms with E-state index in [2.05, 4.69) is 30.2 Å². The molecule has 1 aromatic carbocycles. The zero-order chi connectivity index (χ0) is 21.9. The summed E-state index contributed by atoms with van der Waals surface area (Å²) in [5.41, 5.74) is 5.49. The van der Waals surface area contributed by atoms with Crippen molar-refractivity contribution >= 4 is 16.7 Å². The van der Waals surface area contributed by atoms with E-state index in [1.54, 1.807) is 18.6 Å². The SMILES string of the molecule is Cc1cc(-c2ccc(CNc3ncnc(-c4ccc5ncccc5c4)c3F)cn2)ccn1. The van der Waals surface area contributed by atoms with Gasteiger partial charge in [0.15, 0.2) is 11.6 Å². The number of nitrogens with zero attached hydrogens (tertiary/aromatic N) is 5. The summed E-state index contributed by atoms with van der Waals surface area (Å²) >= 11 is 0. The molecular weight excluding hydrogens is 403 g/mol. The fourth-order valence-electron chi connectivity index (χ4n) is 3.51. The minimum Gasteiger partial charge on any atom is -0.363 e.